The van der Waals surface area contributed by atoms with Gasteiger partial charge in [0.05, 0.1) is 5.69 Å². The van der Waals surface area contributed by atoms with E-state index in [-0.39, 0.29) is 0 Å². The van der Waals surface area contributed by atoms with E-state index in [0.717, 1.165) is 19.0 Å². The number of fused-ring (bicyclic) bond motifs is 1. The zero-order chi connectivity index (χ0) is 11.7. The Balaban J connectivity index is 1.83. The van der Waals surface area contributed by atoms with Gasteiger partial charge in [0.1, 0.15) is 5.82 Å². The second-order valence-electron chi connectivity index (χ2n) is 5.42. The third-order valence-corrected chi connectivity index (χ3v) is 3.94. The number of nitrogens with one attached hydrogen (secondary N) is 1. The van der Waals surface area contributed by atoms with Gasteiger partial charge in [-0.05, 0) is 19.3 Å². The molecule has 1 N–H and O–H groups in total. The zero-order valence-electron chi connectivity index (χ0n) is 10.8. The normalized spacial score (nSPS) is 19.4. The average molecular weight is 233 g/mol. The Kier molecular flexibility index (Phi) is 3.19. The quantitative estimate of drug-likeness (QED) is 0.792. The van der Waals surface area contributed by atoms with Gasteiger partial charge >= 0.3 is 0 Å². The molecule has 0 aromatic carbocycles. The maximum absolute atomic E-state index is 4.89. The molecule has 0 amide bonds. The molecule has 0 unspecified atom stereocenters. The minimum absolute atomic E-state index is 0.780. The molecule has 2 heterocycles. The molecule has 0 atom stereocenters. The van der Waals surface area contributed by atoms with Crippen molar-refractivity contribution in [1.29, 1.82) is 0 Å². The monoisotopic (exact) mass is 233 g/mol. The fraction of sp³-hybridized carbons (Fsp3) is 0.786. The van der Waals surface area contributed by atoms with Gasteiger partial charge in [0.15, 0.2) is 0 Å². The largest absolute Gasteiger partial charge is 0.331 e. The van der Waals surface area contributed by atoms with Crippen molar-refractivity contribution in [2.45, 2.75) is 64.5 Å². The summed E-state index contributed by atoms with van der Waals surface area (Å²) in [5.41, 5.74) is 2.86. The van der Waals surface area contributed by atoms with Gasteiger partial charge in [0.25, 0.3) is 0 Å². The maximum atomic E-state index is 4.89. The van der Waals surface area contributed by atoms with E-state index in [1.54, 1.807) is 0 Å². The number of nitrogens with zero attached hydrogens (tertiary/aromatic N) is 2. The van der Waals surface area contributed by atoms with Crippen molar-refractivity contribution in [2.24, 2.45) is 0 Å². The number of imidazole rings is 1. The molecule has 17 heavy (non-hydrogen) atoms. The second-order valence-corrected chi connectivity index (χ2v) is 5.42. The van der Waals surface area contributed by atoms with Crippen molar-refractivity contribution in [3.63, 3.8) is 0 Å². The number of hydrogen-bond acceptors (Lipinski definition) is 2. The Morgan fingerprint density at radius 2 is 2.24 bits per heavy atom. The van der Waals surface area contributed by atoms with E-state index >= 15 is 0 Å². The average Bonchev–Trinajstić information content (AvgIpc) is 3.13. The molecule has 1 fully saturated rings. The van der Waals surface area contributed by atoms with Crippen molar-refractivity contribution in [3.8, 4) is 0 Å². The first-order valence-electron chi connectivity index (χ1n) is 7.19. The summed E-state index contributed by atoms with van der Waals surface area (Å²) < 4.78 is 2.56. The van der Waals surface area contributed by atoms with E-state index in [4.69, 9.17) is 4.98 Å². The van der Waals surface area contributed by atoms with Gasteiger partial charge < -0.3 is 9.88 Å². The highest BCUT2D eigenvalue weighted by Crippen LogP contribution is 2.40. The van der Waals surface area contributed by atoms with E-state index in [0.29, 0.717) is 0 Å². The first-order chi connectivity index (χ1) is 8.40. The molecule has 1 saturated carbocycles. The van der Waals surface area contributed by atoms with Gasteiger partial charge in [0, 0.05) is 37.7 Å². The van der Waals surface area contributed by atoms with Crippen molar-refractivity contribution in [2.75, 3.05) is 6.54 Å². The highest BCUT2D eigenvalue weighted by molar-refractivity contribution is 5.24. The van der Waals surface area contributed by atoms with Crippen LogP contribution in [0.15, 0.2) is 0 Å². The van der Waals surface area contributed by atoms with Crippen molar-refractivity contribution in [3.05, 3.63) is 17.2 Å². The van der Waals surface area contributed by atoms with Crippen molar-refractivity contribution >= 4 is 0 Å². The van der Waals surface area contributed by atoms with Gasteiger partial charge in [-0.15, -0.1) is 0 Å². The molecule has 1 aliphatic carbocycles. The standard InChI is InChI=1S/C14H23N3/c1-2-3-4-9-17-13-7-8-15-10-12(13)16-14(17)11-5-6-11/h11,15H,2-10H2,1H3. The third kappa shape index (κ3) is 2.25. The van der Waals surface area contributed by atoms with E-state index in [9.17, 15) is 0 Å². The molecule has 2 aliphatic rings. The summed E-state index contributed by atoms with van der Waals surface area (Å²) in [4.78, 5) is 4.89. The van der Waals surface area contributed by atoms with Crippen LogP contribution in [-0.2, 0) is 19.5 Å². The van der Waals surface area contributed by atoms with Crippen LogP contribution in [-0.4, -0.2) is 16.1 Å². The third-order valence-electron chi connectivity index (χ3n) is 3.94. The van der Waals surface area contributed by atoms with Gasteiger partial charge in [0.2, 0.25) is 0 Å². The number of unbranched alkanes of at least 4 members (excludes halogenated alkanes) is 2. The summed E-state index contributed by atoms with van der Waals surface area (Å²) in [5.74, 6) is 2.18. The summed E-state index contributed by atoms with van der Waals surface area (Å²) in [7, 11) is 0. The summed E-state index contributed by atoms with van der Waals surface area (Å²) in [6, 6.07) is 0. The topological polar surface area (TPSA) is 29.9 Å². The molecule has 0 spiro atoms. The number of aromatic nitrogens is 2. The summed E-state index contributed by atoms with van der Waals surface area (Å²) >= 11 is 0. The van der Waals surface area contributed by atoms with Crippen molar-refractivity contribution < 1.29 is 0 Å². The zero-order valence-corrected chi connectivity index (χ0v) is 10.8. The maximum Gasteiger partial charge on any atom is 0.112 e. The highest BCUT2D eigenvalue weighted by atomic mass is 15.1. The molecular weight excluding hydrogens is 210 g/mol. The van der Waals surface area contributed by atoms with Gasteiger partial charge in [-0.2, -0.15) is 0 Å². The van der Waals surface area contributed by atoms with E-state index in [1.807, 2.05) is 0 Å². The van der Waals surface area contributed by atoms with Crippen LogP contribution in [0.25, 0.3) is 0 Å². The van der Waals surface area contributed by atoms with E-state index in [1.165, 1.54) is 62.3 Å². The fourth-order valence-corrected chi connectivity index (χ4v) is 2.81. The smallest absolute Gasteiger partial charge is 0.112 e. The Bertz CT molecular complexity index is 390. The fourth-order valence-electron chi connectivity index (χ4n) is 2.81. The highest BCUT2D eigenvalue weighted by Gasteiger charge is 2.31. The molecule has 3 nitrogen and oxygen atoms in total. The SMILES string of the molecule is CCCCCn1c(C2CC2)nc2c1CCNC2. The lowest BCUT2D eigenvalue weighted by atomic mass is 10.1. The molecule has 0 bridgehead atoms. The molecule has 3 rings (SSSR count). The second kappa shape index (κ2) is 4.81. The molecule has 0 saturated heterocycles. The minimum atomic E-state index is 0.780. The van der Waals surface area contributed by atoms with Crippen LogP contribution >= 0.6 is 0 Å². The van der Waals surface area contributed by atoms with Crippen LogP contribution in [0.4, 0.5) is 0 Å². The lowest BCUT2D eigenvalue weighted by Crippen LogP contribution is -2.25. The first-order valence-corrected chi connectivity index (χ1v) is 7.19. The predicted octanol–water partition coefficient (Wildman–Crippen LogP) is 2.60. The van der Waals surface area contributed by atoms with E-state index in [2.05, 4.69) is 16.8 Å². The van der Waals surface area contributed by atoms with Gasteiger partial charge in [-0.1, -0.05) is 19.8 Å². The van der Waals surface area contributed by atoms with Crippen LogP contribution in [0.3, 0.4) is 0 Å². The predicted molar refractivity (Wildman–Crippen MR) is 69.1 cm³/mol. The molecule has 94 valence electrons. The lowest BCUT2D eigenvalue weighted by molar-refractivity contribution is 0.543. The van der Waals surface area contributed by atoms with Gasteiger partial charge in [-0.25, -0.2) is 4.98 Å². The lowest BCUT2D eigenvalue weighted by Gasteiger charge is -2.16. The molecule has 1 aromatic rings. The van der Waals surface area contributed by atoms with Crippen LogP contribution in [0.2, 0.25) is 0 Å². The van der Waals surface area contributed by atoms with E-state index < -0.39 is 0 Å². The van der Waals surface area contributed by atoms with Crippen LogP contribution in [0.5, 0.6) is 0 Å². The molecule has 1 aliphatic heterocycles. The Morgan fingerprint density at radius 1 is 1.35 bits per heavy atom. The Morgan fingerprint density at radius 3 is 3.00 bits per heavy atom. The summed E-state index contributed by atoms with van der Waals surface area (Å²) in [6.45, 7) is 5.57. The first kappa shape index (κ1) is 11.3. The Hall–Kier alpha value is -0.830. The Labute approximate surface area is 104 Å². The molecular formula is C14H23N3. The number of rotatable bonds is 5. The summed E-state index contributed by atoms with van der Waals surface area (Å²) in [6.07, 6.45) is 7.84. The van der Waals surface area contributed by atoms with Crippen LogP contribution in [0, 0.1) is 0 Å². The van der Waals surface area contributed by atoms with Crippen LogP contribution < -0.4 is 5.32 Å². The van der Waals surface area contributed by atoms with Crippen molar-refractivity contribution in [1.82, 2.24) is 14.9 Å². The molecule has 0 radical (unpaired) electrons. The number of hydrogen-bond donors (Lipinski definition) is 1. The van der Waals surface area contributed by atoms with Gasteiger partial charge in [-0.3, -0.25) is 0 Å². The molecule has 1 aromatic heterocycles. The minimum Gasteiger partial charge on any atom is -0.331 e. The molecule has 3 heteroatoms. The van der Waals surface area contributed by atoms with Crippen LogP contribution in [0.1, 0.15) is 62.2 Å². The summed E-state index contributed by atoms with van der Waals surface area (Å²) in [5, 5.41) is 3.43.